The lowest BCUT2D eigenvalue weighted by atomic mass is 10.1. The Labute approximate surface area is 111 Å². The average Bonchev–Trinajstić information content (AvgIpc) is 2.31. The number of aromatic amines is 1. The monoisotopic (exact) mass is 268 g/mol. The second-order valence-corrected chi connectivity index (χ2v) is 4.51. The fourth-order valence-electron chi connectivity index (χ4n) is 1.95. The van der Waals surface area contributed by atoms with E-state index in [9.17, 15) is 14.9 Å². The third-order valence-corrected chi connectivity index (χ3v) is 2.95. The molecule has 0 unspecified atom stereocenters. The highest BCUT2D eigenvalue weighted by atomic mass is 16.7. The molecule has 106 valence electrons. The van der Waals surface area contributed by atoms with Crippen LogP contribution in [0.15, 0.2) is 4.79 Å². The number of nitro groups is 1. The Morgan fingerprint density at radius 2 is 2.00 bits per heavy atom. The van der Waals surface area contributed by atoms with Gasteiger partial charge in [-0.2, -0.15) is 0 Å². The number of hydrazine groups is 1. The van der Waals surface area contributed by atoms with Gasteiger partial charge in [-0.15, -0.1) is 0 Å². The first-order valence-corrected chi connectivity index (χ1v) is 6.55. The van der Waals surface area contributed by atoms with Crippen molar-refractivity contribution in [2.75, 3.05) is 5.43 Å². The lowest BCUT2D eigenvalue weighted by Gasteiger charge is -2.05. The van der Waals surface area contributed by atoms with Gasteiger partial charge < -0.3 is 0 Å². The van der Waals surface area contributed by atoms with E-state index in [-0.39, 0.29) is 11.5 Å². The highest BCUT2D eigenvalue weighted by Crippen LogP contribution is 2.09. The maximum absolute atomic E-state index is 11.8. The van der Waals surface area contributed by atoms with Gasteiger partial charge in [-0.25, -0.2) is 15.1 Å². The number of rotatable bonds is 8. The van der Waals surface area contributed by atoms with Crippen molar-refractivity contribution in [3.8, 4) is 0 Å². The fraction of sp³-hybridized carbons (Fsp3) is 0.667. The summed E-state index contributed by atoms with van der Waals surface area (Å²) in [7, 11) is 0. The summed E-state index contributed by atoms with van der Waals surface area (Å²) in [5.41, 5.74) is 2.72. The number of H-pyrrole nitrogens is 1. The van der Waals surface area contributed by atoms with E-state index in [2.05, 4.69) is 16.9 Å². The molecule has 0 atom stereocenters. The third-order valence-electron chi connectivity index (χ3n) is 2.95. The zero-order chi connectivity index (χ0) is 14.3. The molecule has 0 aliphatic heterocycles. The van der Waals surface area contributed by atoms with Gasteiger partial charge in [0.25, 0.3) is 11.5 Å². The van der Waals surface area contributed by atoms with E-state index >= 15 is 0 Å². The summed E-state index contributed by atoms with van der Waals surface area (Å²) in [6.45, 7) is 3.85. The van der Waals surface area contributed by atoms with Crippen LogP contribution in [-0.4, -0.2) is 15.0 Å². The Balaban J connectivity index is 2.64. The summed E-state index contributed by atoms with van der Waals surface area (Å²) >= 11 is 0. The first kappa shape index (κ1) is 15.1. The first-order chi connectivity index (χ1) is 9.04. The lowest BCUT2D eigenvalue weighted by molar-refractivity contribution is -0.446. The SMILES string of the molecule is CCCCCCCc1c(C)nc(N[N+](=O)[O-])[nH]c1=O. The number of hydrogen-bond acceptors (Lipinski definition) is 4. The molecule has 0 saturated heterocycles. The minimum Gasteiger partial charge on any atom is -0.288 e. The predicted molar refractivity (Wildman–Crippen MR) is 72.7 cm³/mol. The van der Waals surface area contributed by atoms with Gasteiger partial charge in [0, 0.05) is 5.56 Å². The van der Waals surface area contributed by atoms with Crippen molar-refractivity contribution < 1.29 is 5.03 Å². The van der Waals surface area contributed by atoms with Crippen LogP contribution in [0.2, 0.25) is 0 Å². The van der Waals surface area contributed by atoms with Crippen LogP contribution < -0.4 is 11.0 Å². The van der Waals surface area contributed by atoms with Crippen LogP contribution in [0.3, 0.4) is 0 Å². The number of anilines is 1. The zero-order valence-electron chi connectivity index (χ0n) is 11.4. The molecule has 0 aromatic carbocycles. The maximum atomic E-state index is 11.8. The average molecular weight is 268 g/mol. The molecule has 7 nitrogen and oxygen atoms in total. The number of aryl methyl sites for hydroxylation is 1. The van der Waals surface area contributed by atoms with E-state index in [0.717, 1.165) is 12.8 Å². The molecule has 7 heteroatoms. The second-order valence-electron chi connectivity index (χ2n) is 4.51. The molecule has 2 N–H and O–H groups in total. The van der Waals surface area contributed by atoms with Crippen LogP contribution in [0.25, 0.3) is 0 Å². The van der Waals surface area contributed by atoms with E-state index < -0.39 is 5.03 Å². The minimum atomic E-state index is -0.748. The van der Waals surface area contributed by atoms with Crippen molar-refractivity contribution in [2.24, 2.45) is 0 Å². The number of nitrogens with one attached hydrogen (secondary N) is 2. The van der Waals surface area contributed by atoms with Crippen LogP contribution >= 0.6 is 0 Å². The number of aromatic nitrogens is 2. The van der Waals surface area contributed by atoms with Gasteiger partial charge in [0.15, 0.2) is 5.03 Å². The molecule has 0 saturated carbocycles. The van der Waals surface area contributed by atoms with Crippen LogP contribution in [0, 0.1) is 17.0 Å². The fourth-order valence-corrected chi connectivity index (χ4v) is 1.95. The van der Waals surface area contributed by atoms with Crippen molar-refractivity contribution >= 4 is 5.95 Å². The summed E-state index contributed by atoms with van der Waals surface area (Å²) in [6.07, 6.45) is 6.25. The molecule has 1 aromatic rings. The molecular weight excluding hydrogens is 248 g/mol. The van der Waals surface area contributed by atoms with Gasteiger partial charge in [0.05, 0.1) is 5.69 Å². The van der Waals surface area contributed by atoms with E-state index in [4.69, 9.17) is 0 Å². The van der Waals surface area contributed by atoms with E-state index in [1.54, 1.807) is 6.92 Å². The molecule has 0 aliphatic carbocycles. The maximum Gasteiger partial charge on any atom is 0.265 e. The van der Waals surface area contributed by atoms with Gasteiger partial charge in [0.1, 0.15) is 0 Å². The molecular formula is C12H20N4O3. The van der Waals surface area contributed by atoms with Gasteiger partial charge >= 0.3 is 0 Å². The molecule has 1 rings (SSSR count). The molecule has 0 radical (unpaired) electrons. The highest BCUT2D eigenvalue weighted by Gasteiger charge is 2.10. The first-order valence-electron chi connectivity index (χ1n) is 6.55. The largest absolute Gasteiger partial charge is 0.288 e. The predicted octanol–water partition coefficient (Wildman–Crippen LogP) is 2.19. The molecule has 0 fully saturated rings. The van der Waals surface area contributed by atoms with Crippen molar-refractivity contribution in [1.82, 2.24) is 9.97 Å². The molecule has 0 bridgehead atoms. The van der Waals surface area contributed by atoms with Crippen LogP contribution in [-0.2, 0) is 6.42 Å². The van der Waals surface area contributed by atoms with Crippen molar-refractivity contribution in [2.45, 2.75) is 52.4 Å². The van der Waals surface area contributed by atoms with Crippen molar-refractivity contribution in [3.05, 3.63) is 31.7 Å². The van der Waals surface area contributed by atoms with Gasteiger partial charge in [0.2, 0.25) is 0 Å². The highest BCUT2D eigenvalue weighted by molar-refractivity contribution is 5.26. The number of nitrogens with zero attached hydrogens (tertiary/aromatic N) is 2. The Morgan fingerprint density at radius 3 is 2.58 bits per heavy atom. The summed E-state index contributed by atoms with van der Waals surface area (Å²) in [6, 6.07) is 0. The van der Waals surface area contributed by atoms with Crippen molar-refractivity contribution in [1.29, 1.82) is 0 Å². The Hall–Kier alpha value is -1.92. The molecule has 1 aromatic heterocycles. The van der Waals surface area contributed by atoms with Crippen molar-refractivity contribution in [3.63, 3.8) is 0 Å². The molecule has 0 aliphatic rings. The van der Waals surface area contributed by atoms with Crippen LogP contribution in [0.1, 0.15) is 50.3 Å². The zero-order valence-corrected chi connectivity index (χ0v) is 11.4. The number of hydrogen-bond donors (Lipinski definition) is 2. The Morgan fingerprint density at radius 1 is 1.32 bits per heavy atom. The van der Waals surface area contributed by atoms with Gasteiger partial charge in [-0.05, 0) is 19.8 Å². The summed E-state index contributed by atoms with van der Waals surface area (Å²) in [4.78, 5) is 28.4. The molecule has 0 amide bonds. The molecule has 19 heavy (non-hydrogen) atoms. The summed E-state index contributed by atoms with van der Waals surface area (Å²) in [5, 5.41) is 9.53. The van der Waals surface area contributed by atoms with Gasteiger partial charge in [-0.3, -0.25) is 9.78 Å². The molecule has 0 spiro atoms. The lowest BCUT2D eigenvalue weighted by Crippen LogP contribution is -2.21. The second kappa shape index (κ2) is 7.50. The topological polar surface area (TPSA) is 101 Å². The third kappa shape index (κ3) is 5.07. The quantitative estimate of drug-likeness (QED) is 0.427. The van der Waals surface area contributed by atoms with E-state index in [0.29, 0.717) is 17.7 Å². The normalized spacial score (nSPS) is 10.4. The van der Waals surface area contributed by atoms with Gasteiger partial charge in [-0.1, -0.05) is 38.0 Å². The smallest absolute Gasteiger partial charge is 0.265 e. The van der Waals surface area contributed by atoms with E-state index in [1.807, 2.05) is 5.43 Å². The van der Waals surface area contributed by atoms with Crippen LogP contribution in [0.5, 0.6) is 0 Å². The Kier molecular flexibility index (Phi) is 5.98. The summed E-state index contributed by atoms with van der Waals surface area (Å²) < 4.78 is 0. The minimum absolute atomic E-state index is 0.123. The summed E-state index contributed by atoms with van der Waals surface area (Å²) in [5.74, 6) is -0.123. The Bertz CT molecular complexity index is 484. The standard InChI is InChI=1S/C12H20N4O3/c1-3-4-5-6-7-8-10-9(2)13-12(14-11(10)17)15-16(18)19/h3-8H2,1-2H3,(H2,13,14,15,17). The van der Waals surface area contributed by atoms with E-state index in [1.165, 1.54) is 19.3 Å². The van der Waals surface area contributed by atoms with Crippen LogP contribution in [0.4, 0.5) is 5.95 Å². The number of unbranched alkanes of at least 4 members (excludes halogenated alkanes) is 4. The molecule has 1 heterocycles.